The first-order valence-corrected chi connectivity index (χ1v) is 9.26. The number of aliphatic hydroxyl groups is 1. The van der Waals surface area contributed by atoms with Crippen LogP contribution in [0.5, 0.6) is 0 Å². The number of anilines is 1. The second kappa shape index (κ2) is 5.13. The van der Waals surface area contributed by atoms with Crippen molar-refractivity contribution in [1.82, 2.24) is 0 Å². The van der Waals surface area contributed by atoms with Crippen molar-refractivity contribution in [2.45, 2.75) is 43.2 Å². The lowest BCUT2D eigenvalue weighted by Gasteiger charge is -2.57. The van der Waals surface area contributed by atoms with E-state index in [4.69, 9.17) is 9.47 Å². The van der Waals surface area contributed by atoms with Crippen molar-refractivity contribution >= 4 is 11.6 Å². The fourth-order valence-corrected chi connectivity index (χ4v) is 5.78. The normalized spacial score (nSPS) is 34.3. The summed E-state index contributed by atoms with van der Waals surface area (Å²) in [4.78, 5) is 14.8. The molecule has 3 unspecified atom stereocenters. The van der Waals surface area contributed by atoms with Crippen LogP contribution in [0.2, 0.25) is 0 Å². The number of allylic oxidation sites excluding steroid dienone is 1. The van der Waals surface area contributed by atoms with E-state index >= 15 is 0 Å². The van der Waals surface area contributed by atoms with Gasteiger partial charge in [0.2, 0.25) is 5.91 Å². The number of hydrogen-bond donors (Lipinski definition) is 1. The highest BCUT2D eigenvalue weighted by Gasteiger charge is 2.65. The van der Waals surface area contributed by atoms with Gasteiger partial charge >= 0.3 is 0 Å². The lowest BCUT2D eigenvalue weighted by Crippen LogP contribution is -2.63. The topological polar surface area (TPSA) is 59.0 Å². The Kier molecular flexibility index (Phi) is 3.15. The number of fused-ring (bicyclic) bond motifs is 2. The third-order valence-corrected chi connectivity index (χ3v) is 6.66. The van der Waals surface area contributed by atoms with E-state index in [1.165, 1.54) is 0 Å². The van der Waals surface area contributed by atoms with Crippen LogP contribution in [0.15, 0.2) is 41.9 Å². The van der Waals surface area contributed by atoms with Crippen LogP contribution in [-0.2, 0) is 26.3 Å². The predicted molar refractivity (Wildman–Crippen MR) is 96.4 cm³/mol. The standard InChI is InChI=1S/C21H23NO4/c1-25-15-8-11-20-12-9-16(23)22(20)14-7-3-5-13-6-4-10-21(24,17(13)14)19(20)18(15)26-2/h3,5,7-8,11,19,24H,4,6,9-10,12H2,1-2H3. The maximum absolute atomic E-state index is 12.9. The zero-order valence-electron chi connectivity index (χ0n) is 15.1. The highest BCUT2D eigenvalue weighted by molar-refractivity contribution is 6.00. The Labute approximate surface area is 152 Å². The summed E-state index contributed by atoms with van der Waals surface area (Å²) >= 11 is 0. The molecule has 1 fully saturated rings. The Balaban J connectivity index is 1.87. The fraction of sp³-hybridized carbons (Fsp3) is 0.476. The molecule has 1 saturated heterocycles. The van der Waals surface area contributed by atoms with Gasteiger partial charge in [-0.15, -0.1) is 0 Å². The SMILES string of the molecule is COC1=C(OC)C2C3(O)CCCc4cccc(c43)N3C(=O)CCC23C=C1. The lowest BCUT2D eigenvalue weighted by molar-refractivity contribution is -0.118. The molecule has 1 N–H and O–H groups in total. The predicted octanol–water partition coefficient (Wildman–Crippen LogP) is 2.78. The molecule has 5 rings (SSSR count). The van der Waals surface area contributed by atoms with Gasteiger partial charge in [-0.25, -0.2) is 0 Å². The first-order chi connectivity index (χ1) is 12.6. The summed E-state index contributed by atoms with van der Waals surface area (Å²) in [6.07, 6.45) is 7.57. The summed E-state index contributed by atoms with van der Waals surface area (Å²) in [7, 11) is 3.23. The molecule has 2 aliphatic carbocycles. The number of benzene rings is 1. The molecule has 5 nitrogen and oxygen atoms in total. The molecule has 4 aliphatic rings. The maximum atomic E-state index is 12.9. The van der Waals surface area contributed by atoms with Crippen LogP contribution < -0.4 is 4.90 Å². The van der Waals surface area contributed by atoms with Crippen LogP contribution in [0.25, 0.3) is 0 Å². The van der Waals surface area contributed by atoms with Crippen LogP contribution in [-0.4, -0.2) is 30.8 Å². The molecular formula is C21H23NO4. The minimum absolute atomic E-state index is 0.108. The number of methoxy groups -OCH3 is 2. The molecule has 5 heteroatoms. The largest absolute Gasteiger partial charge is 0.497 e. The molecule has 0 aromatic heterocycles. The van der Waals surface area contributed by atoms with Crippen LogP contribution in [0.3, 0.4) is 0 Å². The molecule has 136 valence electrons. The lowest BCUT2D eigenvalue weighted by atomic mass is 9.59. The number of amides is 1. The van der Waals surface area contributed by atoms with Crippen LogP contribution >= 0.6 is 0 Å². The molecule has 26 heavy (non-hydrogen) atoms. The van der Waals surface area contributed by atoms with Gasteiger partial charge in [0, 0.05) is 12.0 Å². The number of carbonyl (C=O) groups is 1. The summed E-state index contributed by atoms with van der Waals surface area (Å²) in [6.45, 7) is 0. The van der Waals surface area contributed by atoms with E-state index in [-0.39, 0.29) is 11.8 Å². The Morgan fingerprint density at radius 1 is 1.19 bits per heavy atom. The molecule has 1 aromatic carbocycles. The highest BCUT2D eigenvalue weighted by atomic mass is 16.5. The Morgan fingerprint density at radius 2 is 2.04 bits per heavy atom. The molecule has 0 radical (unpaired) electrons. The van der Waals surface area contributed by atoms with Crippen molar-refractivity contribution in [3.63, 3.8) is 0 Å². The third-order valence-electron chi connectivity index (χ3n) is 6.66. The van der Waals surface area contributed by atoms with E-state index in [1.807, 2.05) is 29.2 Å². The molecule has 3 atom stereocenters. The van der Waals surface area contributed by atoms with Gasteiger partial charge in [0.15, 0.2) is 5.76 Å². The minimum atomic E-state index is -1.06. The van der Waals surface area contributed by atoms with E-state index in [1.54, 1.807) is 14.2 Å². The van der Waals surface area contributed by atoms with Gasteiger partial charge in [-0.3, -0.25) is 4.79 Å². The third kappa shape index (κ3) is 1.67. The Hall–Kier alpha value is -2.27. The highest BCUT2D eigenvalue weighted by Crippen LogP contribution is 2.62. The number of rotatable bonds is 2. The fourth-order valence-electron chi connectivity index (χ4n) is 5.78. The second-order valence-corrected chi connectivity index (χ2v) is 7.71. The number of nitrogens with zero attached hydrogens (tertiary/aromatic N) is 1. The van der Waals surface area contributed by atoms with Crippen molar-refractivity contribution < 1.29 is 19.4 Å². The van der Waals surface area contributed by atoms with Crippen LogP contribution in [0.4, 0.5) is 5.69 Å². The smallest absolute Gasteiger partial charge is 0.227 e. The summed E-state index contributed by atoms with van der Waals surface area (Å²) < 4.78 is 11.3. The maximum Gasteiger partial charge on any atom is 0.227 e. The zero-order valence-corrected chi connectivity index (χ0v) is 15.1. The Bertz CT molecular complexity index is 873. The van der Waals surface area contributed by atoms with E-state index < -0.39 is 11.1 Å². The van der Waals surface area contributed by atoms with Gasteiger partial charge in [-0.1, -0.05) is 18.2 Å². The molecule has 0 saturated carbocycles. The quantitative estimate of drug-likeness (QED) is 0.888. The molecule has 0 bridgehead atoms. The molecule has 1 spiro atoms. The molecule has 2 aliphatic heterocycles. The number of carbonyl (C=O) groups excluding carboxylic acids is 1. The zero-order chi connectivity index (χ0) is 18.1. The molecule has 2 heterocycles. The van der Waals surface area contributed by atoms with Gasteiger partial charge in [0.25, 0.3) is 0 Å². The summed E-state index contributed by atoms with van der Waals surface area (Å²) in [6, 6.07) is 6.05. The first-order valence-electron chi connectivity index (χ1n) is 9.26. The summed E-state index contributed by atoms with van der Waals surface area (Å²) in [5, 5.41) is 12.1. The van der Waals surface area contributed by atoms with Gasteiger partial charge in [0.1, 0.15) is 11.4 Å². The van der Waals surface area contributed by atoms with Crippen molar-refractivity contribution in [3.05, 3.63) is 53.0 Å². The summed E-state index contributed by atoms with van der Waals surface area (Å²) in [5.41, 5.74) is 1.24. The van der Waals surface area contributed by atoms with Crippen LogP contribution in [0.1, 0.15) is 36.8 Å². The van der Waals surface area contributed by atoms with Crippen molar-refractivity contribution in [2.24, 2.45) is 5.92 Å². The minimum Gasteiger partial charge on any atom is -0.497 e. The average Bonchev–Trinajstić information content (AvgIpc) is 2.98. The van der Waals surface area contributed by atoms with Gasteiger partial charge in [-0.2, -0.15) is 0 Å². The Morgan fingerprint density at radius 3 is 2.81 bits per heavy atom. The van der Waals surface area contributed by atoms with Gasteiger partial charge in [-0.05, 0) is 43.4 Å². The van der Waals surface area contributed by atoms with Crippen LogP contribution in [0, 0.1) is 5.92 Å². The molecule has 1 amide bonds. The second-order valence-electron chi connectivity index (χ2n) is 7.71. The van der Waals surface area contributed by atoms with E-state index in [0.717, 1.165) is 29.7 Å². The summed E-state index contributed by atoms with van der Waals surface area (Å²) in [5.74, 6) is 1.01. The monoisotopic (exact) mass is 353 g/mol. The number of aryl methyl sites for hydroxylation is 1. The molecule has 1 aromatic rings. The molecular weight excluding hydrogens is 330 g/mol. The number of hydrogen-bond acceptors (Lipinski definition) is 4. The van der Waals surface area contributed by atoms with Gasteiger partial charge in [0.05, 0.1) is 31.4 Å². The number of ether oxygens (including phenoxy) is 2. The van der Waals surface area contributed by atoms with Crippen molar-refractivity contribution in [1.29, 1.82) is 0 Å². The average molecular weight is 353 g/mol. The van der Waals surface area contributed by atoms with E-state index in [9.17, 15) is 9.90 Å². The van der Waals surface area contributed by atoms with Gasteiger partial charge < -0.3 is 19.5 Å². The van der Waals surface area contributed by atoms with Crippen molar-refractivity contribution in [3.8, 4) is 0 Å². The first kappa shape index (κ1) is 15.9. The van der Waals surface area contributed by atoms with Crippen molar-refractivity contribution in [2.75, 3.05) is 19.1 Å². The van der Waals surface area contributed by atoms with E-state index in [2.05, 4.69) is 6.07 Å². The van der Waals surface area contributed by atoms with E-state index in [0.29, 0.717) is 30.8 Å².